The van der Waals surface area contributed by atoms with Gasteiger partial charge in [0.15, 0.2) is 4.75 Å². The van der Waals surface area contributed by atoms with Gasteiger partial charge in [0, 0.05) is 0 Å². The average molecular weight is 338 g/mol. The van der Waals surface area contributed by atoms with Crippen molar-refractivity contribution in [3.63, 3.8) is 0 Å². The van der Waals surface area contributed by atoms with E-state index in [0.29, 0.717) is 37.5 Å². The highest BCUT2D eigenvalue weighted by Gasteiger charge is 2.72. The second-order valence-corrected chi connectivity index (χ2v) is 9.87. The van der Waals surface area contributed by atoms with Gasteiger partial charge in [0.25, 0.3) is 10.1 Å². The molecule has 1 N–H and O–H groups in total. The van der Waals surface area contributed by atoms with Crippen LogP contribution in [0, 0.1) is 41.4 Å². The van der Waals surface area contributed by atoms with Gasteiger partial charge in [-0.05, 0) is 80.5 Å². The van der Waals surface area contributed by atoms with Crippen molar-refractivity contribution < 1.29 is 26.1 Å². The molecule has 0 radical (unpaired) electrons. The molecule has 0 aromatic carbocycles. The Hall–Kier alpha value is -0.300. The van der Waals surface area contributed by atoms with Gasteiger partial charge in [0.1, 0.15) is 0 Å². The first-order valence-corrected chi connectivity index (χ1v) is 9.53. The zero-order valence-electron chi connectivity index (χ0n) is 12.4. The van der Waals surface area contributed by atoms with Gasteiger partial charge >= 0.3 is 6.18 Å². The van der Waals surface area contributed by atoms with E-state index in [2.05, 4.69) is 0 Å². The second-order valence-electron chi connectivity index (χ2n) is 8.07. The molecule has 4 bridgehead atoms. The second kappa shape index (κ2) is 4.21. The van der Waals surface area contributed by atoms with Crippen LogP contribution in [0.1, 0.15) is 39.0 Å². The van der Waals surface area contributed by atoms with E-state index in [-0.39, 0.29) is 17.8 Å². The van der Waals surface area contributed by atoms with Gasteiger partial charge in [-0.2, -0.15) is 21.6 Å². The van der Waals surface area contributed by atoms with Gasteiger partial charge < -0.3 is 0 Å². The SMILES string of the molecule is CC(C1CC2CC1C1C3CCC(C3)C21)(C(F)(F)F)S(=O)(=O)O. The van der Waals surface area contributed by atoms with Crippen molar-refractivity contribution in [2.45, 2.75) is 50.0 Å². The fourth-order valence-electron chi connectivity index (χ4n) is 6.75. The van der Waals surface area contributed by atoms with Crippen molar-refractivity contribution in [3.05, 3.63) is 0 Å². The molecule has 0 aromatic heterocycles. The van der Waals surface area contributed by atoms with Gasteiger partial charge in [-0.15, -0.1) is 0 Å². The van der Waals surface area contributed by atoms with Crippen molar-refractivity contribution in [2.75, 3.05) is 0 Å². The molecule has 7 heteroatoms. The van der Waals surface area contributed by atoms with Gasteiger partial charge in [-0.3, -0.25) is 4.55 Å². The maximum Gasteiger partial charge on any atom is 0.410 e. The van der Waals surface area contributed by atoms with Gasteiger partial charge in [0.2, 0.25) is 0 Å². The highest BCUT2D eigenvalue weighted by atomic mass is 32.2. The summed E-state index contributed by atoms with van der Waals surface area (Å²) in [6.45, 7) is 0.690. The number of rotatable bonds is 2. The molecule has 8 unspecified atom stereocenters. The maximum absolute atomic E-state index is 13.6. The minimum absolute atomic E-state index is 0.196. The Morgan fingerprint density at radius 1 is 0.955 bits per heavy atom. The lowest BCUT2D eigenvalue weighted by atomic mass is 9.64. The molecule has 4 aliphatic rings. The number of alkyl halides is 3. The molecule has 0 spiro atoms. The molecule has 4 fully saturated rings. The third-order valence-corrected chi connectivity index (χ3v) is 9.15. The Morgan fingerprint density at radius 3 is 2.09 bits per heavy atom. The van der Waals surface area contributed by atoms with Crippen molar-refractivity contribution in [2.24, 2.45) is 41.4 Å². The van der Waals surface area contributed by atoms with Crippen LogP contribution in [-0.2, 0) is 10.1 Å². The first-order chi connectivity index (χ1) is 10.1. The zero-order valence-corrected chi connectivity index (χ0v) is 13.2. The first kappa shape index (κ1) is 15.2. The van der Waals surface area contributed by atoms with Gasteiger partial charge in [-0.25, -0.2) is 0 Å². The summed E-state index contributed by atoms with van der Waals surface area (Å²) < 4.78 is 70.4. The molecule has 0 heterocycles. The van der Waals surface area contributed by atoms with Gasteiger partial charge in [-0.1, -0.05) is 0 Å². The summed E-state index contributed by atoms with van der Waals surface area (Å²) in [7, 11) is -5.19. The van der Waals surface area contributed by atoms with E-state index in [9.17, 15) is 26.1 Å². The number of fused-ring (bicyclic) bond motifs is 9. The maximum atomic E-state index is 13.6. The third kappa shape index (κ3) is 1.65. The molecule has 0 saturated heterocycles. The van der Waals surface area contributed by atoms with Crippen LogP contribution in [0.25, 0.3) is 0 Å². The van der Waals surface area contributed by atoms with E-state index in [1.165, 1.54) is 6.42 Å². The summed E-state index contributed by atoms with van der Waals surface area (Å²) >= 11 is 0. The molecule has 4 saturated carbocycles. The van der Waals surface area contributed by atoms with E-state index >= 15 is 0 Å². The molecule has 3 nitrogen and oxygen atoms in total. The summed E-state index contributed by atoms with van der Waals surface area (Å²) in [6.07, 6.45) is -0.545. The quantitative estimate of drug-likeness (QED) is 0.619. The van der Waals surface area contributed by atoms with E-state index < -0.39 is 27.0 Å². The average Bonchev–Trinajstić information content (AvgIpc) is 3.12. The predicted octanol–water partition coefficient (Wildman–Crippen LogP) is 3.51. The Labute approximate surface area is 128 Å². The Bertz CT molecular complexity index is 602. The number of hydrogen-bond acceptors (Lipinski definition) is 2. The largest absolute Gasteiger partial charge is 0.410 e. The molecule has 4 aliphatic carbocycles. The van der Waals surface area contributed by atoms with Crippen molar-refractivity contribution in [3.8, 4) is 0 Å². The standard InChI is InChI=1S/C15H21F3O3S/c1-14(15(16,17)18,22(19,20)21)11-6-9-5-10(11)13-8-3-2-7(4-8)12(9)13/h7-13H,2-6H2,1H3,(H,19,20,21). The van der Waals surface area contributed by atoms with Crippen LogP contribution in [-0.4, -0.2) is 23.9 Å². The molecule has 22 heavy (non-hydrogen) atoms. The van der Waals surface area contributed by atoms with Crippen LogP contribution in [0.4, 0.5) is 13.2 Å². The minimum Gasteiger partial charge on any atom is -0.285 e. The minimum atomic E-state index is -5.19. The van der Waals surface area contributed by atoms with Crippen LogP contribution < -0.4 is 0 Å². The van der Waals surface area contributed by atoms with Crippen LogP contribution in [0.2, 0.25) is 0 Å². The lowest BCUT2D eigenvalue weighted by Gasteiger charge is -2.45. The van der Waals surface area contributed by atoms with Crippen LogP contribution in [0.5, 0.6) is 0 Å². The van der Waals surface area contributed by atoms with Crippen molar-refractivity contribution in [1.82, 2.24) is 0 Å². The number of hydrogen-bond donors (Lipinski definition) is 1. The van der Waals surface area contributed by atoms with E-state index in [4.69, 9.17) is 0 Å². The summed E-state index contributed by atoms with van der Waals surface area (Å²) in [4.78, 5) is 0. The summed E-state index contributed by atoms with van der Waals surface area (Å²) in [5.41, 5.74) is 0. The predicted molar refractivity (Wildman–Crippen MR) is 73.5 cm³/mol. The van der Waals surface area contributed by atoms with Crippen molar-refractivity contribution in [1.29, 1.82) is 0 Å². The Kier molecular flexibility index (Phi) is 2.91. The fraction of sp³-hybridized carbons (Fsp3) is 1.00. The molecular formula is C15H21F3O3S. The fourth-order valence-corrected chi connectivity index (χ4v) is 7.69. The first-order valence-electron chi connectivity index (χ1n) is 8.09. The normalized spacial score (nSPS) is 49.4. The summed E-state index contributed by atoms with van der Waals surface area (Å²) in [5, 5.41) is 0. The summed E-state index contributed by atoms with van der Waals surface area (Å²) in [6, 6.07) is 0. The molecule has 0 amide bonds. The molecule has 4 rings (SSSR count). The lowest BCUT2D eigenvalue weighted by molar-refractivity contribution is -0.179. The number of halogens is 3. The summed E-state index contributed by atoms with van der Waals surface area (Å²) in [5.74, 6) is 0.927. The monoisotopic (exact) mass is 338 g/mol. The highest BCUT2D eigenvalue weighted by Crippen LogP contribution is 2.71. The smallest absolute Gasteiger partial charge is 0.285 e. The topological polar surface area (TPSA) is 54.4 Å². The van der Waals surface area contributed by atoms with Gasteiger partial charge in [0.05, 0.1) is 0 Å². The highest BCUT2D eigenvalue weighted by molar-refractivity contribution is 7.87. The van der Waals surface area contributed by atoms with Crippen LogP contribution >= 0.6 is 0 Å². The third-order valence-electron chi connectivity index (χ3n) is 7.54. The van der Waals surface area contributed by atoms with E-state index in [0.717, 1.165) is 12.8 Å². The molecule has 0 aromatic rings. The molecule has 0 aliphatic heterocycles. The zero-order chi connectivity index (χ0) is 16.1. The van der Waals surface area contributed by atoms with Crippen molar-refractivity contribution >= 4 is 10.1 Å². The van der Waals surface area contributed by atoms with E-state index in [1.807, 2.05) is 0 Å². The lowest BCUT2D eigenvalue weighted by Crippen LogP contribution is -2.57. The molecule has 8 atom stereocenters. The molecular weight excluding hydrogens is 317 g/mol. The van der Waals surface area contributed by atoms with Crippen LogP contribution in [0.15, 0.2) is 0 Å². The Balaban J connectivity index is 1.73. The van der Waals surface area contributed by atoms with E-state index in [1.54, 1.807) is 0 Å². The molecule has 126 valence electrons. The van der Waals surface area contributed by atoms with Crippen LogP contribution in [0.3, 0.4) is 0 Å². The Morgan fingerprint density at radius 2 is 1.55 bits per heavy atom.